The van der Waals surface area contributed by atoms with E-state index in [4.69, 9.17) is 9.47 Å². The monoisotopic (exact) mass is 597 g/mol. The molecule has 4 N–H and O–H groups in total. The number of anilines is 1. The molecule has 0 spiro atoms. The lowest BCUT2D eigenvalue weighted by molar-refractivity contribution is -0.139. The molecule has 1 aromatic heterocycles. The number of nitrogens with zero attached hydrogens (tertiary/aromatic N) is 2. The van der Waals surface area contributed by atoms with Crippen molar-refractivity contribution in [1.29, 1.82) is 0 Å². The van der Waals surface area contributed by atoms with Gasteiger partial charge in [-0.1, -0.05) is 48.5 Å². The van der Waals surface area contributed by atoms with E-state index in [1.54, 1.807) is 20.8 Å². The largest absolute Gasteiger partial charge is 0.479 e. The molecule has 2 atom stereocenters. The van der Waals surface area contributed by atoms with Crippen molar-refractivity contribution >= 4 is 29.7 Å². The molecule has 0 radical (unpaired) electrons. The fraction of sp³-hybridized carbons (Fsp3) is 0.367. The standard InChI is InChI=1S/C30H36FN5O7/c1-29(2,3)43-28(41)35-30(4,5)27(40)33-22(17-42-16-19-11-7-6-8-12-19)25(37)34-23-15-36(18-32-23)24(26(38)39)20-13-9-10-14-21(20)31/h6-15,18,22,24H,16-17H2,1-5H3,(H,33,40)(H,34,37)(H,35,41)(H,38,39). The van der Waals surface area contributed by atoms with Crippen LogP contribution in [0.25, 0.3) is 0 Å². The van der Waals surface area contributed by atoms with E-state index in [-0.39, 0.29) is 24.6 Å². The zero-order valence-corrected chi connectivity index (χ0v) is 24.6. The van der Waals surface area contributed by atoms with E-state index < -0.39 is 52.9 Å². The molecule has 2 aromatic carbocycles. The van der Waals surface area contributed by atoms with Gasteiger partial charge in [0.15, 0.2) is 11.9 Å². The summed E-state index contributed by atoms with van der Waals surface area (Å²) in [6.45, 7) is 7.84. The maximum absolute atomic E-state index is 14.4. The van der Waals surface area contributed by atoms with E-state index in [1.807, 2.05) is 30.3 Å². The number of aromatic nitrogens is 2. The van der Waals surface area contributed by atoms with Crippen LogP contribution < -0.4 is 16.0 Å². The smallest absolute Gasteiger partial charge is 0.408 e. The van der Waals surface area contributed by atoms with Gasteiger partial charge in [-0.25, -0.2) is 19.0 Å². The van der Waals surface area contributed by atoms with E-state index in [0.717, 1.165) is 22.5 Å². The van der Waals surface area contributed by atoms with E-state index in [9.17, 15) is 28.7 Å². The Morgan fingerprint density at radius 3 is 2.28 bits per heavy atom. The number of aliphatic carboxylic acids is 1. The molecule has 0 fully saturated rings. The second-order valence-corrected chi connectivity index (χ2v) is 11.2. The van der Waals surface area contributed by atoms with Crippen molar-refractivity contribution < 1.29 is 38.1 Å². The predicted octanol–water partition coefficient (Wildman–Crippen LogP) is 3.64. The molecule has 0 aliphatic carbocycles. The van der Waals surface area contributed by atoms with Crippen molar-refractivity contribution in [1.82, 2.24) is 20.2 Å². The van der Waals surface area contributed by atoms with Gasteiger partial charge in [0.2, 0.25) is 5.91 Å². The molecular weight excluding hydrogens is 561 g/mol. The van der Waals surface area contributed by atoms with Gasteiger partial charge in [0.1, 0.15) is 23.0 Å². The Morgan fingerprint density at radius 2 is 1.65 bits per heavy atom. The van der Waals surface area contributed by atoms with Gasteiger partial charge < -0.3 is 35.1 Å². The molecule has 3 amide bonds. The highest BCUT2D eigenvalue weighted by atomic mass is 19.1. The van der Waals surface area contributed by atoms with Crippen LogP contribution in [0.1, 0.15) is 51.8 Å². The molecule has 12 nitrogen and oxygen atoms in total. The number of amides is 3. The van der Waals surface area contributed by atoms with Gasteiger partial charge in [-0.05, 0) is 46.2 Å². The molecule has 13 heteroatoms. The summed E-state index contributed by atoms with van der Waals surface area (Å²) in [7, 11) is 0. The van der Waals surface area contributed by atoms with Gasteiger partial charge in [0.05, 0.1) is 19.5 Å². The number of hydrogen-bond donors (Lipinski definition) is 4. The molecule has 2 unspecified atom stereocenters. The molecule has 1 heterocycles. The third-order valence-corrected chi connectivity index (χ3v) is 5.98. The molecule has 3 aromatic rings. The number of rotatable bonds is 12. The van der Waals surface area contributed by atoms with Crippen LogP contribution >= 0.6 is 0 Å². The molecule has 0 bridgehead atoms. The van der Waals surface area contributed by atoms with Crippen LogP contribution in [0, 0.1) is 5.82 Å². The maximum Gasteiger partial charge on any atom is 0.408 e. The summed E-state index contributed by atoms with van der Waals surface area (Å²) < 4.78 is 26.5. The van der Waals surface area contributed by atoms with Crippen LogP contribution in [0.4, 0.5) is 15.0 Å². The van der Waals surface area contributed by atoms with Crippen molar-refractivity contribution in [2.24, 2.45) is 0 Å². The number of benzene rings is 2. The first-order chi connectivity index (χ1) is 20.2. The molecule has 0 saturated carbocycles. The Labute approximate surface area is 248 Å². The number of nitrogens with one attached hydrogen (secondary N) is 3. The number of alkyl carbamates (subject to hydrolysis) is 1. The third kappa shape index (κ3) is 9.64. The first-order valence-electron chi connectivity index (χ1n) is 13.4. The van der Waals surface area contributed by atoms with Gasteiger partial charge in [-0.15, -0.1) is 0 Å². The summed E-state index contributed by atoms with van der Waals surface area (Å²) in [5.41, 5.74) is -1.52. The van der Waals surface area contributed by atoms with Gasteiger partial charge in [-0.3, -0.25) is 9.59 Å². The Bertz CT molecular complexity index is 1440. The Kier molecular flexibility index (Phi) is 10.6. The number of ether oxygens (including phenoxy) is 2. The Balaban J connectivity index is 1.76. The van der Waals surface area contributed by atoms with Crippen LogP contribution in [0.2, 0.25) is 0 Å². The minimum atomic E-state index is -1.48. The Hall–Kier alpha value is -4.78. The van der Waals surface area contributed by atoms with E-state index in [2.05, 4.69) is 20.9 Å². The molecule has 230 valence electrons. The highest BCUT2D eigenvalue weighted by molar-refractivity contribution is 5.98. The fourth-order valence-corrected chi connectivity index (χ4v) is 3.88. The van der Waals surface area contributed by atoms with Crippen molar-refractivity contribution in [3.63, 3.8) is 0 Å². The summed E-state index contributed by atoms with van der Waals surface area (Å²) >= 11 is 0. The quantitative estimate of drug-likeness (QED) is 0.246. The van der Waals surface area contributed by atoms with Gasteiger partial charge in [0.25, 0.3) is 5.91 Å². The third-order valence-electron chi connectivity index (χ3n) is 5.98. The number of halogens is 1. The van der Waals surface area contributed by atoms with Crippen LogP contribution in [-0.4, -0.2) is 62.3 Å². The number of carbonyl (C=O) groups excluding carboxylic acids is 3. The normalized spacial score (nSPS) is 13.0. The summed E-state index contributed by atoms with van der Waals surface area (Å²) in [6, 6.07) is 11.9. The first-order valence-corrected chi connectivity index (χ1v) is 13.4. The number of carbonyl (C=O) groups is 4. The maximum atomic E-state index is 14.4. The van der Waals surface area contributed by atoms with Gasteiger partial charge in [0, 0.05) is 11.8 Å². The van der Waals surface area contributed by atoms with E-state index >= 15 is 0 Å². The predicted molar refractivity (Wildman–Crippen MR) is 155 cm³/mol. The van der Waals surface area contributed by atoms with Crippen LogP contribution in [0.3, 0.4) is 0 Å². The van der Waals surface area contributed by atoms with Gasteiger partial charge >= 0.3 is 12.1 Å². The minimum Gasteiger partial charge on any atom is -0.479 e. The highest BCUT2D eigenvalue weighted by Gasteiger charge is 2.35. The molecular formula is C30H36FN5O7. The van der Waals surface area contributed by atoms with Crippen LogP contribution in [0.15, 0.2) is 67.1 Å². The lowest BCUT2D eigenvalue weighted by Crippen LogP contribution is -2.59. The summed E-state index contributed by atoms with van der Waals surface area (Å²) in [5, 5.41) is 17.4. The first kappa shape index (κ1) is 32.7. The number of imidazole rings is 1. The van der Waals surface area contributed by atoms with Gasteiger partial charge in [-0.2, -0.15) is 0 Å². The molecule has 0 aliphatic rings. The lowest BCUT2D eigenvalue weighted by Gasteiger charge is -2.29. The fourth-order valence-electron chi connectivity index (χ4n) is 3.88. The molecule has 43 heavy (non-hydrogen) atoms. The van der Waals surface area contributed by atoms with Crippen molar-refractivity contribution in [2.75, 3.05) is 11.9 Å². The zero-order valence-electron chi connectivity index (χ0n) is 24.6. The van der Waals surface area contributed by atoms with Crippen molar-refractivity contribution in [2.45, 2.75) is 64.4 Å². The molecule has 0 saturated heterocycles. The SMILES string of the molecule is CC(C)(C)OC(=O)NC(C)(C)C(=O)NC(COCc1ccccc1)C(=O)Nc1cn(C(C(=O)O)c2ccccc2F)cn1. The lowest BCUT2D eigenvalue weighted by atomic mass is 10.0. The second-order valence-electron chi connectivity index (χ2n) is 11.2. The average Bonchev–Trinajstić information content (AvgIpc) is 3.35. The highest BCUT2D eigenvalue weighted by Crippen LogP contribution is 2.23. The second kappa shape index (κ2) is 13.9. The average molecular weight is 598 g/mol. The van der Waals surface area contributed by atoms with Crippen LogP contribution in [0.5, 0.6) is 0 Å². The van der Waals surface area contributed by atoms with Crippen LogP contribution in [-0.2, 0) is 30.5 Å². The summed E-state index contributed by atoms with van der Waals surface area (Å²) in [6.07, 6.45) is 1.57. The van der Waals surface area contributed by atoms with Crippen molar-refractivity contribution in [3.8, 4) is 0 Å². The zero-order chi connectivity index (χ0) is 31.8. The number of carboxylic acids is 1. The molecule has 0 aliphatic heterocycles. The summed E-state index contributed by atoms with van der Waals surface area (Å²) in [4.78, 5) is 54.8. The van der Waals surface area contributed by atoms with E-state index in [0.29, 0.717) is 0 Å². The summed E-state index contributed by atoms with van der Waals surface area (Å²) in [5.74, 6) is -3.51. The van der Waals surface area contributed by atoms with E-state index in [1.165, 1.54) is 38.2 Å². The minimum absolute atomic E-state index is 0.0407. The van der Waals surface area contributed by atoms with Crippen molar-refractivity contribution in [3.05, 3.63) is 84.1 Å². The molecule has 3 rings (SSSR count). The topological polar surface area (TPSA) is 161 Å². The number of carboxylic acid groups (broad SMARTS) is 1. The Morgan fingerprint density at radius 1 is 1.00 bits per heavy atom. The number of hydrogen-bond acceptors (Lipinski definition) is 7.